The minimum atomic E-state index is -3.62. The Balaban J connectivity index is 0. The second-order valence-electron chi connectivity index (χ2n) is 3.80. The van der Waals surface area contributed by atoms with E-state index >= 15 is 0 Å². The van der Waals surface area contributed by atoms with Crippen molar-refractivity contribution in [2.24, 2.45) is 0 Å². The Hall–Kier alpha value is -0.150. The summed E-state index contributed by atoms with van der Waals surface area (Å²) in [5.41, 5.74) is 0.989. The number of sulfonamides is 1. The van der Waals surface area contributed by atoms with Gasteiger partial charge >= 0.3 is 35.5 Å². The molecule has 108 valence electrons. The fraction of sp³-hybridized carbons (Fsp3) is 0.364. The monoisotopic (exact) mass is 331 g/mol. The van der Waals surface area contributed by atoms with Crippen molar-refractivity contribution in [2.75, 3.05) is 0 Å². The third kappa shape index (κ3) is 9.71. The van der Waals surface area contributed by atoms with Crippen molar-refractivity contribution in [3.63, 3.8) is 0 Å². The summed E-state index contributed by atoms with van der Waals surface area (Å²) in [4.78, 5) is 9.76. The Morgan fingerprint density at radius 3 is 2.05 bits per heavy atom. The zero-order valence-electron chi connectivity index (χ0n) is 11.4. The molecule has 1 aromatic carbocycles. The number of aryl methyl sites for hydroxylation is 1. The summed E-state index contributed by atoms with van der Waals surface area (Å²) in [6.45, 7) is 3.31. The number of nitrogens with zero attached hydrogens (tertiary/aromatic N) is 1. The van der Waals surface area contributed by atoms with Gasteiger partial charge in [0.1, 0.15) is 10.0 Å². The van der Waals surface area contributed by atoms with Gasteiger partial charge in [0.2, 0.25) is 0 Å². The zero-order valence-corrected chi connectivity index (χ0v) is 15.0. The fourth-order valence-corrected chi connectivity index (χ4v) is 1.80. The van der Waals surface area contributed by atoms with Crippen LogP contribution in [0.15, 0.2) is 29.2 Å². The Morgan fingerprint density at radius 1 is 1.35 bits per heavy atom. The standard InChI is InChI=1S/C7H7ClNO2S.C4H8O3.Na/c1-6-2-4-7(5-3-6)12(10,11)9-8;1-3(5)2-4(6)7;/h2-5H,1H3;3,5H,2H2,1H3,(H,6,7);/q-1;;+1. The average Bonchev–Trinajstić information content (AvgIpc) is 2.28. The molecule has 0 aliphatic rings. The van der Waals surface area contributed by atoms with Crippen LogP contribution in [0.3, 0.4) is 0 Å². The second kappa shape index (κ2) is 10.6. The number of aliphatic hydroxyl groups excluding tert-OH is 1. The predicted molar refractivity (Wildman–Crippen MR) is 71.5 cm³/mol. The summed E-state index contributed by atoms with van der Waals surface area (Å²) in [5, 5.41) is 16.3. The van der Waals surface area contributed by atoms with Crippen LogP contribution in [0.25, 0.3) is 4.24 Å². The summed E-state index contributed by atoms with van der Waals surface area (Å²) in [7, 11) is -3.62. The Morgan fingerprint density at radius 2 is 1.80 bits per heavy atom. The quantitative estimate of drug-likeness (QED) is 0.692. The minimum Gasteiger partial charge on any atom is -0.481 e. The van der Waals surface area contributed by atoms with E-state index in [-0.39, 0.29) is 40.9 Å². The van der Waals surface area contributed by atoms with E-state index in [4.69, 9.17) is 22.0 Å². The number of carboxylic acids is 1. The molecule has 9 heteroatoms. The van der Waals surface area contributed by atoms with Crippen LogP contribution in [0.1, 0.15) is 18.9 Å². The maximum absolute atomic E-state index is 11.0. The van der Waals surface area contributed by atoms with Gasteiger partial charge in [0.25, 0.3) is 0 Å². The molecule has 20 heavy (non-hydrogen) atoms. The molecular formula is C11H15ClNNaO5S. The molecular weight excluding hydrogens is 317 g/mol. The number of aliphatic carboxylic acids is 1. The summed E-state index contributed by atoms with van der Waals surface area (Å²) in [6.07, 6.45) is -0.891. The Kier molecular flexibility index (Phi) is 11.7. The van der Waals surface area contributed by atoms with Gasteiger partial charge in [-0.25, -0.2) is 8.42 Å². The minimum absolute atomic E-state index is 0. The predicted octanol–water partition coefficient (Wildman–Crippen LogP) is -0.943. The fourth-order valence-electron chi connectivity index (χ4n) is 1.00. The summed E-state index contributed by atoms with van der Waals surface area (Å²) < 4.78 is 24.8. The molecule has 0 saturated carbocycles. The third-order valence-corrected chi connectivity index (χ3v) is 3.47. The molecule has 1 atom stereocenters. The van der Waals surface area contributed by atoms with E-state index in [0.29, 0.717) is 0 Å². The number of hydrogen-bond donors (Lipinski definition) is 2. The van der Waals surface area contributed by atoms with Crippen LogP contribution < -0.4 is 29.6 Å². The normalized spacial score (nSPS) is 11.6. The number of carbonyl (C=O) groups is 1. The van der Waals surface area contributed by atoms with Gasteiger partial charge in [-0.15, -0.1) is 0 Å². The van der Waals surface area contributed by atoms with Gasteiger partial charge < -0.3 is 14.5 Å². The van der Waals surface area contributed by atoms with E-state index in [1.54, 1.807) is 12.1 Å². The molecule has 0 fully saturated rings. The summed E-state index contributed by atoms with van der Waals surface area (Å²) >= 11 is 4.90. The van der Waals surface area contributed by atoms with Crippen LogP contribution in [-0.2, 0) is 14.8 Å². The van der Waals surface area contributed by atoms with Gasteiger partial charge in [-0.3, -0.25) is 16.6 Å². The number of rotatable bonds is 4. The van der Waals surface area contributed by atoms with Crippen molar-refractivity contribution in [1.29, 1.82) is 0 Å². The Bertz CT molecular complexity index is 504. The van der Waals surface area contributed by atoms with E-state index in [1.807, 2.05) is 6.92 Å². The van der Waals surface area contributed by atoms with Gasteiger partial charge in [-0.2, -0.15) is 0 Å². The van der Waals surface area contributed by atoms with Gasteiger partial charge in [-0.1, -0.05) is 17.7 Å². The molecule has 0 aliphatic heterocycles. The van der Waals surface area contributed by atoms with Crippen LogP contribution in [0.4, 0.5) is 0 Å². The molecule has 0 heterocycles. The molecule has 0 saturated heterocycles. The van der Waals surface area contributed by atoms with Crippen molar-refractivity contribution < 1.29 is 53.0 Å². The second-order valence-corrected chi connectivity index (χ2v) is 5.78. The maximum Gasteiger partial charge on any atom is 1.00 e. The molecule has 0 aliphatic carbocycles. The first-order valence-electron chi connectivity index (χ1n) is 5.24. The van der Waals surface area contributed by atoms with Crippen LogP contribution in [0, 0.1) is 6.92 Å². The summed E-state index contributed by atoms with van der Waals surface area (Å²) in [6, 6.07) is 6.32. The van der Waals surface area contributed by atoms with Crippen LogP contribution >= 0.6 is 11.8 Å². The van der Waals surface area contributed by atoms with Gasteiger partial charge in [-0.05, 0) is 26.0 Å². The molecule has 6 nitrogen and oxygen atoms in total. The summed E-state index contributed by atoms with van der Waals surface area (Å²) in [5.74, 6) is -0.963. The van der Waals surface area contributed by atoms with E-state index < -0.39 is 22.1 Å². The number of carboxylic acid groups (broad SMARTS) is 1. The van der Waals surface area contributed by atoms with Crippen molar-refractivity contribution >= 4 is 27.8 Å². The van der Waals surface area contributed by atoms with E-state index in [0.717, 1.165) is 5.56 Å². The van der Waals surface area contributed by atoms with Gasteiger partial charge in [0, 0.05) is 4.90 Å². The molecule has 0 radical (unpaired) electrons. The molecule has 0 amide bonds. The largest absolute Gasteiger partial charge is 1.00 e. The van der Waals surface area contributed by atoms with E-state index in [1.165, 1.54) is 19.1 Å². The topological polar surface area (TPSA) is 106 Å². The first kappa shape index (κ1) is 22.1. The van der Waals surface area contributed by atoms with Crippen molar-refractivity contribution in [3.05, 3.63) is 34.1 Å². The van der Waals surface area contributed by atoms with E-state index in [9.17, 15) is 13.2 Å². The smallest absolute Gasteiger partial charge is 0.481 e. The molecule has 2 N–H and O–H groups in total. The van der Waals surface area contributed by atoms with Gasteiger partial charge in [0.15, 0.2) is 0 Å². The number of hydrogen-bond acceptors (Lipinski definition) is 4. The Labute approximate surface area is 145 Å². The maximum atomic E-state index is 11.0. The molecule has 0 bridgehead atoms. The molecule has 1 aromatic rings. The van der Waals surface area contributed by atoms with Crippen molar-refractivity contribution in [1.82, 2.24) is 0 Å². The van der Waals surface area contributed by atoms with Crippen molar-refractivity contribution in [3.8, 4) is 0 Å². The average molecular weight is 332 g/mol. The zero-order chi connectivity index (χ0) is 15.1. The van der Waals surface area contributed by atoms with E-state index in [2.05, 4.69) is 4.24 Å². The first-order valence-corrected chi connectivity index (χ1v) is 7.01. The molecule has 1 unspecified atom stereocenters. The number of aliphatic hydroxyl groups is 1. The van der Waals surface area contributed by atoms with Crippen LogP contribution in [0.5, 0.6) is 0 Å². The molecule has 0 aromatic heterocycles. The van der Waals surface area contributed by atoms with Gasteiger partial charge in [0.05, 0.1) is 12.5 Å². The SMILES string of the molecule is CC(O)CC(=O)O.Cc1ccc(S(=O)(=O)[N-]Cl)cc1.[Na+]. The number of benzene rings is 1. The number of halogens is 1. The van der Waals surface area contributed by atoms with Crippen LogP contribution in [0.2, 0.25) is 0 Å². The molecule has 1 rings (SSSR count). The van der Waals surface area contributed by atoms with Crippen LogP contribution in [-0.4, -0.2) is 30.7 Å². The third-order valence-electron chi connectivity index (χ3n) is 1.88. The first-order chi connectivity index (χ1) is 8.69. The molecule has 0 spiro atoms. The van der Waals surface area contributed by atoms with Crippen molar-refractivity contribution in [2.45, 2.75) is 31.3 Å².